The molecule has 0 aliphatic heterocycles. The number of hydrogen-bond donors (Lipinski definition) is 0. The topological polar surface area (TPSA) is 24.9 Å². The largest absolute Gasteiger partial charge is 0.301 e. The highest BCUT2D eigenvalue weighted by atomic mass is 17.2. The standard InChI is InChI=1S/C20H44N2O2/c1-9-21(10-2)15-19(13-17(5)6)23-24-20(14-18(7)8)16-22(11-3)12-4/h17-20H,9-16H2,1-8H3. The Morgan fingerprint density at radius 1 is 0.583 bits per heavy atom. The zero-order valence-corrected chi connectivity index (χ0v) is 17.7. The summed E-state index contributed by atoms with van der Waals surface area (Å²) < 4.78 is 0. The van der Waals surface area contributed by atoms with Crippen LogP contribution in [0, 0.1) is 11.8 Å². The van der Waals surface area contributed by atoms with E-state index in [0.717, 1.165) is 52.1 Å². The lowest BCUT2D eigenvalue weighted by atomic mass is 10.1. The van der Waals surface area contributed by atoms with Crippen LogP contribution in [0.15, 0.2) is 0 Å². The minimum atomic E-state index is 0.149. The van der Waals surface area contributed by atoms with Crippen molar-refractivity contribution in [2.24, 2.45) is 11.8 Å². The van der Waals surface area contributed by atoms with Crippen LogP contribution in [-0.4, -0.2) is 61.3 Å². The molecule has 0 spiro atoms. The Balaban J connectivity index is 4.68. The minimum Gasteiger partial charge on any atom is -0.301 e. The quantitative estimate of drug-likeness (QED) is 0.324. The van der Waals surface area contributed by atoms with Crippen molar-refractivity contribution >= 4 is 0 Å². The fourth-order valence-corrected chi connectivity index (χ4v) is 3.04. The number of likely N-dealkylation sites (N-methyl/N-ethyl adjacent to an activating group) is 2. The van der Waals surface area contributed by atoms with Crippen LogP contribution in [0.1, 0.15) is 68.2 Å². The zero-order chi connectivity index (χ0) is 18.5. The molecule has 146 valence electrons. The molecule has 0 aliphatic rings. The second kappa shape index (κ2) is 14.1. The van der Waals surface area contributed by atoms with E-state index in [1.165, 1.54) is 0 Å². The first-order valence-electron chi connectivity index (χ1n) is 10.1. The molecule has 0 heterocycles. The molecule has 0 aliphatic carbocycles. The predicted octanol–water partition coefficient (Wildman–Crippen LogP) is 4.45. The van der Waals surface area contributed by atoms with Crippen LogP contribution >= 0.6 is 0 Å². The van der Waals surface area contributed by atoms with E-state index in [1.807, 2.05) is 0 Å². The summed E-state index contributed by atoms with van der Waals surface area (Å²) in [4.78, 5) is 16.8. The van der Waals surface area contributed by atoms with Crippen LogP contribution in [0.5, 0.6) is 0 Å². The van der Waals surface area contributed by atoms with E-state index in [0.29, 0.717) is 11.8 Å². The molecule has 0 radical (unpaired) electrons. The lowest BCUT2D eigenvalue weighted by Gasteiger charge is -2.30. The Hall–Kier alpha value is -0.160. The van der Waals surface area contributed by atoms with Crippen LogP contribution in [0.25, 0.3) is 0 Å². The van der Waals surface area contributed by atoms with Gasteiger partial charge in [-0.3, -0.25) is 0 Å². The minimum absolute atomic E-state index is 0.149. The lowest BCUT2D eigenvalue weighted by Crippen LogP contribution is -2.38. The highest BCUT2D eigenvalue weighted by molar-refractivity contribution is 4.68. The van der Waals surface area contributed by atoms with Crippen LogP contribution in [0.2, 0.25) is 0 Å². The van der Waals surface area contributed by atoms with Gasteiger partial charge in [0.25, 0.3) is 0 Å². The van der Waals surface area contributed by atoms with Gasteiger partial charge in [0.15, 0.2) is 0 Å². The van der Waals surface area contributed by atoms with Crippen LogP contribution in [0.3, 0.4) is 0 Å². The lowest BCUT2D eigenvalue weighted by molar-refractivity contribution is -0.357. The molecule has 0 amide bonds. The fourth-order valence-electron chi connectivity index (χ4n) is 3.04. The third kappa shape index (κ3) is 11.4. The molecule has 0 aromatic rings. The number of rotatable bonds is 15. The maximum absolute atomic E-state index is 5.97. The smallest absolute Gasteiger partial charge is 0.106 e. The molecule has 0 N–H and O–H groups in total. The van der Waals surface area contributed by atoms with Gasteiger partial charge in [-0.25, -0.2) is 9.78 Å². The third-order valence-electron chi connectivity index (χ3n) is 4.51. The van der Waals surface area contributed by atoms with E-state index in [1.54, 1.807) is 0 Å². The molecule has 4 nitrogen and oxygen atoms in total. The Bertz CT molecular complexity index is 249. The fraction of sp³-hybridized carbons (Fsp3) is 1.00. The van der Waals surface area contributed by atoms with E-state index in [2.05, 4.69) is 65.2 Å². The summed E-state index contributed by atoms with van der Waals surface area (Å²) >= 11 is 0. The van der Waals surface area contributed by atoms with Crippen molar-refractivity contribution in [2.45, 2.75) is 80.4 Å². The first-order valence-corrected chi connectivity index (χ1v) is 10.1. The first-order chi connectivity index (χ1) is 11.4. The van der Waals surface area contributed by atoms with Crippen LogP contribution in [0.4, 0.5) is 0 Å². The monoisotopic (exact) mass is 344 g/mol. The van der Waals surface area contributed by atoms with E-state index in [4.69, 9.17) is 9.78 Å². The van der Waals surface area contributed by atoms with Gasteiger partial charge in [-0.2, -0.15) is 0 Å². The van der Waals surface area contributed by atoms with Gasteiger partial charge in [-0.05, 0) is 50.9 Å². The maximum Gasteiger partial charge on any atom is 0.106 e. The molecule has 24 heavy (non-hydrogen) atoms. The van der Waals surface area contributed by atoms with E-state index < -0.39 is 0 Å². The second-order valence-electron chi connectivity index (χ2n) is 7.67. The summed E-state index contributed by atoms with van der Waals surface area (Å²) in [5.74, 6) is 1.22. The first kappa shape index (κ1) is 23.8. The van der Waals surface area contributed by atoms with Gasteiger partial charge in [0.05, 0.1) is 0 Å². The van der Waals surface area contributed by atoms with Crippen LogP contribution in [-0.2, 0) is 9.78 Å². The Morgan fingerprint density at radius 2 is 0.875 bits per heavy atom. The summed E-state index contributed by atoms with van der Waals surface area (Å²) in [7, 11) is 0. The molecule has 2 unspecified atom stereocenters. The van der Waals surface area contributed by atoms with Gasteiger partial charge in [-0.15, -0.1) is 0 Å². The van der Waals surface area contributed by atoms with Crippen molar-refractivity contribution in [3.05, 3.63) is 0 Å². The van der Waals surface area contributed by atoms with Crippen molar-refractivity contribution in [3.8, 4) is 0 Å². The van der Waals surface area contributed by atoms with Gasteiger partial charge < -0.3 is 9.80 Å². The van der Waals surface area contributed by atoms with Crippen molar-refractivity contribution < 1.29 is 9.78 Å². The molecule has 0 saturated heterocycles. The molecule has 0 rings (SSSR count). The Labute approximate surface area is 151 Å². The molecule has 0 aromatic carbocycles. The molecule has 4 heteroatoms. The Kier molecular flexibility index (Phi) is 14.0. The van der Waals surface area contributed by atoms with Crippen molar-refractivity contribution in [3.63, 3.8) is 0 Å². The molecule has 0 bridgehead atoms. The van der Waals surface area contributed by atoms with Gasteiger partial charge >= 0.3 is 0 Å². The molecular weight excluding hydrogens is 300 g/mol. The zero-order valence-electron chi connectivity index (χ0n) is 17.7. The number of nitrogens with zero attached hydrogens (tertiary/aromatic N) is 2. The van der Waals surface area contributed by atoms with Gasteiger partial charge in [-0.1, -0.05) is 55.4 Å². The summed E-state index contributed by atoms with van der Waals surface area (Å²) in [6.45, 7) is 24.0. The highest BCUT2D eigenvalue weighted by Crippen LogP contribution is 2.15. The van der Waals surface area contributed by atoms with Crippen molar-refractivity contribution in [1.82, 2.24) is 9.80 Å². The molecule has 0 fully saturated rings. The molecule has 0 aromatic heterocycles. The highest BCUT2D eigenvalue weighted by Gasteiger charge is 2.21. The average Bonchev–Trinajstić information content (AvgIpc) is 2.53. The van der Waals surface area contributed by atoms with Gasteiger partial charge in [0.1, 0.15) is 12.2 Å². The van der Waals surface area contributed by atoms with Crippen LogP contribution < -0.4 is 0 Å². The second-order valence-corrected chi connectivity index (χ2v) is 7.67. The summed E-state index contributed by atoms with van der Waals surface area (Å²) in [5.41, 5.74) is 0. The average molecular weight is 345 g/mol. The van der Waals surface area contributed by atoms with Gasteiger partial charge in [0, 0.05) is 13.1 Å². The number of hydrogen-bond acceptors (Lipinski definition) is 4. The van der Waals surface area contributed by atoms with E-state index in [-0.39, 0.29) is 12.2 Å². The third-order valence-corrected chi connectivity index (χ3v) is 4.51. The predicted molar refractivity (Wildman–Crippen MR) is 104 cm³/mol. The maximum atomic E-state index is 5.97. The van der Waals surface area contributed by atoms with E-state index in [9.17, 15) is 0 Å². The van der Waals surface area contributed by atoms with Crippen molar-refractivity contribution in [1.29, 1.82) is 0 Å². The molecule has 0 saturated carbocycles. The van der Waals surface area contributed by atoms with Crippen molar-refractivity contribution in [2.75, 3.05) is 39.3 Å². The SMILES string of the molecule is CCN(CC)CC(CC(C)C)OOC(CC(C)C)CN(CC)CC. The summed E-state index contributed by atoms with van der Waals surface area (Å²) in [6, 6.07) is 0. The summed E-state index contributed by atoms with van der Waals surface area (Å²) in [6.07, 6.45) is 2.37. The van der Waals surface area contributed by atoms with Gasteiger partial charge in [0.2, 0.25) is 0 Å². The van der Waals surface area contributed by atoms with E-state index >= 15 is 0 Å². The molecular formula is C20H44N2O2. The Morgan fingerprint density at radius 3 is 1.08 bits per heavy atom. The normalized spacial score (nSPS) is 15.0. The summed E-state index contributed by atoms with van der Waals surface area (Å²) in [5, 5.41) is 0. The molecule has 2 atom stereocenters.